The third-order valence-electron chi connectivity index (χ3n) is 7.85. The summed E-state index contributed by atoms with van der Waals surface area (Å²) in [5.74, 6) is -1.54. The zero-order valence-electron chi connectivity index (χ0n) is 25.1. The van der Waals surface area contributed by atoms with Crippen LogP contribution in [0.5, 0.6) is 0 Å². The molecule has 0 saturated carbocycles. The van der Waals surface area contributed by atoms with Crippen molar-refractivity contribution in [3.8, 4) is 11.1 Å². The van der Waals surface area contributed by atoms with Crippen LogP contribution in [-0.2, 0) is 25.6 Å². The summed E-state index contributed by atoms with van der Waals surface area (Å²) in [6, 6.07) is 19.7. The predicted molar refractivity (Wildman–Crippen MR) is 162 cm³/mol. The highest BCUT2D eigenvalue weighted by molar-refractivity contribution is 5.90. The van der Waals surface area contributed by atoms with E-state index in [2.05, 4.69) is 29.2 Å². The van der Waals surface area contributed by atoms with Gasteiger partial charge in [0.05, 0.1) is 12.2 Å². The molecule has 3 aromatic carbocycles. The number of hydrogen-bond acceptors (Lipinski definition) is 7. The van der Waals surface area contributed by atoms with Crippen molar-refractivity contribution in [2.75, 3.05) is 44.3 Å². The molecule has 1 aliphatic heterocycles. The molecule has 3 aromatic rings. The van der Waals surface area contributed by atoms with Gasteiger partial charge >= 0.3 is 18.0 Å². The summed E-state index contributed by atoms with van der Waals surface area (Å²) in [5, 5.41) is 9.75. The normalized spacial score (nSPS) is 14.7. The Balaban J connectivity index is 1.20. The van der Waals surface area contributed by atoms with E-state index in [1.807, 2.05) is 31.2 Å². The average molecular weight is 587 g/mol. The van der Waals surface area contributed by atoms with Crippen LogP contribution in [0.15, 0.2) is 60.7 Å². The lowest BCUT2D eigenvalue weighted by atomic mass is 9.98. The molecule has 9 heteroatoms. The zero-order valence-corrected chi connectivity index (χ0v) is 25.1. The first-order chi connectivity index (χ1) is 20.5. The van der Waals surface area contributed by atoms with Crippen molar-refractivity contribution in [1.82, 2.24) is 4.90 Å². The Kier molecular flexibility index (Phi) is 8.73. The van der Waals surface area contributed by atoms with E-state index in [1.165, 1.54) is 22.3 Å². The number of amides is 1. The highest BCUT2D eigenvalue weighted by Crippen LogP contribution is 2.44. The Morgan fingerprint density at radius 3 is 2.09 bits per heavy atom. The van der Waals surface area contributed by atoms with Crippen LogP contribution in [-0.4, -0.2) is 73.0 Å². The van der Waals surface area contributed by atoms with Gasteiger partial charge in [0.2, 0.25) is 0 Å². The number of carboxylic acids is 1. The Hall–Kier alpha value is -4.37. The van der Waals surface area contributed by atoms with Gasteiger partial charge in [-0.3, -0.25) is 0 Å². The van der Waals surface area contributed by atoms with Crippen molar-refractivity contribution < 1.29 is 33.7 Å². The first-order valence-corrected chi connectivity index (χ1v) is 14.5. The maximum absolute atomic E-state index is 13.1. The molecule has 0 aromatic heterocycles. The van der Waals surface area contributed by atoms with Gasteiger partial charge in [-0.15, -0.1) is 0 Å². The summed E-state index contributed by atoms with van der Waals surface area (Å²) < 4.78 is 16.7. The maximum atomic E-state index is 13.1. The van der Waals surface area contributed by atoms with Gasteiger partial charge in [-0.25, -0.2) is 14.4 Å². The molecule has 226 valence electrons. The van der Waals surface area contributed by atoms with Gasteiger partial charge in [0.1, 0.15) is 18.8 Å². The lowest BCUT2D eigenvalue weighted by Gasteiger charge is -2.37. The predicted octanol–water partition coefficient (Wildman–Crippen LogP) is 5.62. The molecule has 5 rings (SSSR count). The van der Waals surface area contributed by atoms with Crippen LogP contribution in [0, 0.1) is 6.92 Å². The monoisotopic (exact) mass is 586 g/mol. The fourth-order valence-electron chi connectivity index (χ4n) is 5.79. The molecule has 1 N–H and O–H groups in total. The van der Waals surface area contributed by atoms with Gasteiger partial charge in [0.25, 0.3) is 0 Å². The van der Waals surface area contributed by atoms with Crippen molar-refractivity contribution in [1.29, 1.82) is 0 Å². The van der Waals surface area contributed by atoms with Crippen LogP contribution in [0.2, 0.25) is 0 Å². The fraction of sp³-hybridized carbons (Fsp3) is 0.382. The Labute approximate surface area is 252 Å². The van der Waals surface area contributed by atoms with E-state index in [1.54, 1.807) is 37.8 Å². The number of benzene rings is 3. The minimum absolute atomic E-state index is 0.00462. The molecule has 2 aliphatic rings. The quantitative estimate of drug-likeness (QED) is 0.339. The molecule has 1 aliphatic carbocycles. The highest BCUT2D eigenvalue weighted by Gasteiger charge is 2.31. The number of hydrogen-bond donors (Lipinski definition) is 1. The second-order valence-corrected chi connectivity index (χ2v) is 11.9. The van der Waals surface area contributed by atoms with Crippen LogP contribution >= 0.6 is 0 Å². The van der Waals surface area contributed by atoms with Gasteiger partial charge in [-0.2, -0.15) is 0 Å². The molecule has 43 heavy (non-hydrogen) atoms. The summed E-state index contributed by atoms with van der Waals surface area (Å²) >= 11 is 0. The zero-order chi connectivity index (χ0) is 30.7. The molecule has 0 unspecified atom stereocenters. The number of carbonyl (C=O) groups is 3. The van der Waals surface area contributed by atoms with Crippen molar-refractivity contribution in [2.45, 2.75) is 45.8 Å². The number of carbonyl (C=O) groups excluding carboxylic acids is 2. The van der Waals surface area contributed by atoms with E-state index in [-0.39, 0.29) is 37.4 Å². The number of carboxylic acid groups (broad SMARTS) is 1. The van der Waals surface area contributed by atoms with Gasteiger partial charge in [0, 0.05) is 37.8 Å². The number of anilines is 1. The molecule has 1 saturated heterocycles. The van der Waals surface area contributed by atoms with E-state index in [4.69, 9.17) is 14.2 Å². The Bertz CT molecular complexity index is 1470. The third kappa shape index (κ3) is 6.83. The first kappa shape index (κ1) is 30.1. The van der Waals surface area contributed by atoms with Gasteiger partial charge in [-0.05, 0) is 73.2 Å². The molecule has 9 nitrogen and oxygen atoms in total. The van der Waals surface area contributed by atoms with Gasteiger partial charge < -0.3 is 29.1 Å². The molecule has 0 radical (unpaired) electrons. The van der Waals surface area contributed by atoms with Crippen molar-refractivity contribution >= 4 is 23.7 Å². The second-order valence-electron chi connectivity index (χ2n) is 11.9. The van der Waals surface area contributed by atoms with Crippen LogP contribution in [0.3, 0.4) is 0 Å². The van der Waals surface area contributed by atoms with E-state index >= 15 is 0 Å². The van der Waals surface area contributed by atoms with Crippen molar-refractivity contribution in [3.05, 3.63) is 88.5 Å². The van der Waals surface area contributed by atoms with E-state index in [0.29, 0.717) is 31.7 Å². The highest BCUT2D eigenvalue weighted by atomic mass is 16.6. The summed E-state index contributed by atoms with van der Waals surface area (Å²) in [7, 11) is 0. The molecule has 1 fully saturated rings. The number of piperazine rings is 1. The van der Waals surface area contributed by atoms with Crippen LogP contribution in [0.4, 0.5) is 10.5 Å². The number of aromatic carboxylic acids is 1. The lowest BCUT2D eigenvalue weighted by molar-refractivity contribution is -0.160. The fourth-order valence-corrected chi connectivity index (χ4v) is 5.79. The van der Waals surface area contributed by atoms with E-state index in [0.717, 1.165) is 11.3 Å². The summed E-state index contributed by atoms with van der Waals surface area (Å²) in [4.78, 5) is 40.8. The molecular formula is C34H38N2O7. The number of ether oxygens (including phenoxy) is 3. The maximum Gasteiger partial charge on any atom is 0.409 e. The lowest BCUT2D eigenvalue weighted by Crippen LogP contribution is -2.49. The Morgan fingerprint density at radius 2 is 1.51 bits per heavy atom. The molecule has 0 spiro atoms. The average Bonchev–Trinajstić information content (AvgIpc) is 3.29. The van der Waals surface area contributed by atoms with Crippen molar-refractivity contribution in [3.63, 3.8) is 0 Å². The third-order valence-corrected chi connectivity index (χ3v) is 7.85. The topological polar surface area (TPSA) is 106 Å². The molecule has 1 amide bonds. The SMILES string of the molecule is Cc1c(COCC(=O)OC(C)(C)C)cc(C(=O)O)cc1N1CCN(C(=O)OCC2c3ccccc3-c3ccccc32)CC1. The molecule has 0 bridgehead atoms. The first-order valence-electron chi connectivity index (χ1n) is 14.5. The standard InChI is InChI=1S/C34H38N2O7/c1-22-24(19-41-21-31(37)43-34(2,3)4)17-23(32(38)39)18-30(22)35-13-15-36(16-14-35)33(40)42-20-29-27-11-7-5-9-25(27)26-10-6-8-12-28(26)29/h5-12,17-18,29H,13-16,19-21H2,1-4H3,(H,38,39). The number of rotatable bonds is 8. The summed E-state index contributed by atoms with van der Waals surface area (Å²) in [5.41, 5.74) is 6.53. The second kappa shape index (κ2) is 12.5. The number of esters is 1. The summed E-state index contributed by atoms with van der Waals surface area (Å²) in [6.45, 7) is 9.28. The van der Waals surface area contributed by atoms with Gasteiger partial charge in [0.15, 0.2) is 0 Å². The minimum atomic E-state index is -1.05. The minimum Gasteiger partial charge on any atom is -0.478 e. The van der Waals surface area contributed by atoms with E-state index < -0.39 is 17.5 Å². The van der Waals surface area contributed by atoms with Crippen molar-refractivity contribution in [2.24, 2.45) is 0 Å². The van der Waals surface area contributed by atoms with E-state index in [9.17, 15) is 19.5 Å². The van der Waals surface area contributed by atoms with Gasteiger partial charge in [-0.1, -0.05) is 48.5 Å². The molecular weight excluding hydrogens is 548 g/mol. The smallest absolute Gasteiger partial charge is 0.409 e. The van der Waals surface area contributed by atoms with Crippen LogP contribution in [0.25, 0.3) is 11.1 Å². The number of nitrogens with zero attached hydrogens (tertiary/aromatic N) is 2. The van der Waals surface area contributed by atoms with Crippen LogP contribution < -0.4 is 4.90 Å². The number of fused-ring (bicyclic) bond motifs is 3. The van der Waals surface area contributed by atoms with Crippen LogP contribution in [0.1, 0.15) is 59.3 Å². The Morgan fingerprint density at radius 1 is 0.907 bits per heavy atom. The molecule has 1 heterocycles. The molecule has 0 atom stereocenters. The summed E-state index contributed by atoms with van der Waals surface area (Å²) in [6.07, 6.45) is -0.353. The largest absolute Gasteiger partial charge is 0.478 e.